The number of piperidine rings is 1. The van der Waals surface area contributed by atoms with Crippen molar-refractivity contribution >= 4 is 11.9 Å². The smallest absolute Gasteiger partial charge is 0.328 e. The standard InChI is InChI=1S/C7H9NO3/c1-11-7(10)5-3-2-4(3)6(9)8-5/h3-5H,2H2,1H3,(H,8,9). The molecular weight excluding hydrogens is 146 g/mol. The van der Waals surface area contributed by atoms with E-state index in [9.17, 15) is 9.59 Å². The van der Waals surface area contributed by atoms with Crippen LogP contribution in [0.5, 0.6) is 0 Å². The number of hydrogen-bond donors (Lipinski definition) is 1. The second kappa shape index (κ2) is 1.96. The molecule has 1 heterocycles. The highest BCUT2D eigenvalue weighted by molar-refractivity contribution is 5.93. The van der Waals surface area contributed by atoms with E-state index < -0.39 is 0 Å². The molecule has 2 rings (SSSR count). The van der Waals surface area contributed by atoms with Crippen LogP contribution in [-0.2, 0) is 14.3 Å². The maximum absolute atomic E-state index is 11.0. The van der Waals surface area contributed by atoms with Crippen molar-refractivity contribution in [3.8, 4) is 0 Å². The largest absolute Gasteiger partial charge is 0.467 e. The van der Waals surface area contributed by atoms with Gasteiger partial charge in [0, 0.05) is 11.8 Å². The van der Waals surface area contributed by atoms with Crippen molar-refractivity contribution in [2.75, 3.05) is 7.11 Å². The van der Waals surface area contributed by atoms with Crippen LogP contribution in [0.1, 0.15) is 6.42 Å². The third-order valence-electron chi connectivity index (χ3n) is 2.36. The van der Waals surface area contributed by atoms with Gasteiger partial charge in [0.05, 0.1) is 7.11 Å². The highest BCUT2D eigenvalue weighted by Crippen LogP contribution is 2.46. The van der Waals surface area contributed by atoms with Crippen LogP contribution in [0.15, 0.2) is 0 Å². The van der Waals surface area contributed by atoms with Gasteiger partial charge in [-0.05, 0) is 6.42 Å². The van der Waals surface area contributed by atoms with E-state index in [2.05, 4.69) is 10.1 Å². The molecule has 0 spiro atoms. The summed E-state index contributed by atoms with van der Waals surface area (Å²) in [5.74, 6) is 0.00259. The molecule has 0 aromatic rings. The van der Waals surface area contributed by atoms with Crippen molar-refractivity contribution < 1.29 is 14.3 Å². The molecule has 1 saturated heterocycles. The molecule has 2 aliphatic rings. The van der Waals surface area contributed by atoms with Gasteiger partial charge in [0.25, 0.3) is 0 Å². The van der Waals surface area contributed by atoms with Gasteiger partial charge in [0.15, 0.2) is 0 Å². The summed E-state index contributed by atoms with van der Waals surface area (Å²) in [7, 11) is 1.34. The average molecular weight is 155 g/mol. The summed E-state index contributed by atoms with van der Waals surface area (Å²) in [5.41, 5.74) is 0. The lowest BCUT2D eigenvalue weighted by Gasteiger charge is -2.08. The number of esters is 1. The fourth-order valence-electron chi connectivity index (χ4n) is 1.61. The zero-order valence-electron chi connectivity index (χ0n) is 6.16. The first-order valence-electron chi connectivity index (χ1n) is 3.62. The zero-order valence-corrected chi connectivity index (χ0v) is 6.16. The van der Waals surface area contributed by atoms with Crippen molar-refractivity contribution in [1.29, 1.82) is 0 Å². The van der Waals surface area contributed by atoms with E-state index in [0.29, 0.717) is 0 Å². The second-order valence-corrected chi connectivity index (χ2v) is 3.02. The number of methoxy groups -OCH3 is 1. The van der Waals surface area contributed by atoms with Gasteiger partial charge in [0.1, 0.15) is 6.04 Å². The third-order valence-corrected chi connectivity index (χ3v) is 2.36. The van der Waals surface area contributed by atoms with E-state index in [1.165, 1.54) is 7.11 Å². The van der Waals surface area contributed by atoms with E-state index in [0.717, 1.165) is 6.42 Å². The fraction of sp³-hybridized carbons (Fsp3) is 0.714. The molecule has 11 heavy (non-hydrogen) atoms. The molecule has 2 fully saturated rings. The van der Waals surface area contributed by atoms with Gasteiger partial charge in [-0.3, -0.25) is 4.79 Å². The quantitative estimate of drug-likeness (QED) is 0.509. The molecule has 0 bridgehead atoms. The molecular formula is C7H9NO3. The molecule has 4 nitrogen and oxygen atoms in total. The topological polar surface area (TPSA) is 55.4 Å². The fourth-order valence-corrected chi connectivity index (χ4v) is 1.61. The van der Waals surface area contributed by atoms with Gasteiger partial charge in [0.2, 0.25) is 5.91 Å². The number of carbonyl (C=O) groups excluding carboxylic acids is 2. The van der Waals surface area contributed by atoms with Crippen molar-refractivity contribution in [2.45, 2.75) is 12.5 Å². The zero-order chi connectivity index (χ0) is 8.01. The summed E-state index contributed by atoms with van der Waals surface area (Å²) in [5, 5.41) is 2.59. The molecule has 1 aliphatic carbocycles. The Bertz CT molecular complexity index is 226. The summed E-state index contributed by atoms with van der Waals surface area (Å²) in [4.78, 5) is 21.9. The Hall–Kier alpha value is -1.06. The van der Waals surface area contributed by atoms with E-state index in [1.807, 2.05) is 0 Å². The predicted molar refractivity (Wildman–Crippen MR) is 35.5 cm³/mol. The normalized spacial score (nSPS) is 39.4. The minimum atomic E-state index is -0.363. The van der Waals surface area contributed by atoms with Gasteiger partial charge in [-0.1, -0.05) is 0 Å². The number of rotatable bonds is 1. The van der Waals surface area contributed by atoms with Gasteiger partial charge < -0.3 is 10.1 Å². The van der Waals surface area contributed by atoms with Gasteiger partial charge in [-0.2, -0.15) is 0 Å². The minimum Gasteiger partial charge on any atom is -0.467 e. The molecule has 0 aromatic carbocycles. The summed E-state index contributed by atoms with van der Waals surface area (Å²) < 4.78 is 4.53. The Kier molecular flexibility index (Phi) is 1.19. The SMILES string of the molecule is COC(=O)C1NC(=O)C2CC21. The van der Waals surface area contributed by atoms with E-state index in [1.54, 1.807) is 0 Å². The average Bonchev–Trinajstić information content (AvgIpc) is 2.72. The van der Waals surface area contributed by atoms with Crippen LogP contribution < -0.4 is 5.32 Å². The van der Waals surface area contributed by atoms with Crippen LogP contribution in [0.4, 0.5) is 0 Å². The lowest BCUT2D eigenvalue weighted by atomic mass is 10.2. The number of ether oxygens (including phenoxy) is 1. The molecule has 1 N–H and O–H groups in total. The van der Waals surface area contributed by atoms with Gasteiger partial charge >= 0.3 is 5.97 Å². The Balaban J connectivity index is 2.07. The number of nitrogens with one attached hydrogen (secondary N) is 1. The van der Waals surface area contributed by atoms with Gasteiger partial charge in [-0.15, -0.1) is 0 Å². The van der Waals surface area contributed by atoms with Crippen LogP contribution in [0.25, 0.3) is 0 Å². The molecule has 3 atom stereocenters. The van der Waals surface area contributed by atoms with E-state index in [-0.39, 0.29) is 29.8 Å². The Labute approximate surface area is 63.9 Å². The summed E-state index contributed by atoms with van der Waals surface area (Å²) >= 11 is 0. The summed E-state index contributed by atoms with van der Waals surface area (Å²) in [6, 6.07) is -0.363. The van der Waals surface area contributed by atoms with Crippen molar-refractivity contribution in [2.24, 2.45) is 11.8 Å². The molecule has 3 unspecified atom stereocenters. The maximum Gasteiger partial charge on any atom is 0.328 e. The number of fused-ring (bicyclic) bond motifs is 1. The van der Waals surface area contributed by atoms with Crippen LogP contribution in [-0.4, -0.2) is 25.0 Å². The first-order chi connectivity index (χ1) is 5.24. The molecule has 1 saturated carbocycles. The first-order valence-corrected chi connectivity index (χ1v) is 3.62. The van der Waals surface area contributed by atoms with Crippen LogP contribution in [0, 0.1) is 11.8 Å². The molecule has 0 aromatic heterocycles. The highest BCUT2D eigenvalue weighted by Gasteiger charge is 2.57. The Morgan fingerprint density at radius 1 is 1.73 bits per heavy atom. The van der Waals surface area contributed by atoms with E-state index >= 15 is 0 Å². The van der Waals surface area contributed by atoms with Crippen molar-refractivity contribution in [3.05, 3.63) is 0 Å². The van der Waals surface area contributed by atoms with Crippen LogP contribution in [0.3, 0.4) is 0 Å². The summed E-state index contributed by atoms with van der Waals surface area (Å²) in [6.07, 6.45) is 0.853. The number of hydrogen-bond acceptors (Lipinski definition) is 3. The van der Waals surface area contributed by atoms with Gasteiger partial charge in [-0.25, -0.2) is 4.79 Å². The molecule has 0 radical (unpaired) electrons. The summed E-state index contributed by atoms with van der Waals surface area (Å²) in [6.45, 7) is 0. The highest BCUT2D eigenvalue weighted by atomic mass is 16.5. The Morgan fingerprint density at radius 2 is 2.45 bits per heavy atom. The Morgan fingerprint density at radius 3 is 2.82 bits per heavy atom. The van der Waals surface area contributed by atoms with Crippen LogP contribution in [0.2, 0.25) is 0 Å². The third kappa shape index (κ3) is 0.818. The predicted octanol–water partition coefficient (Wildman–Crippen LogP) is -0.706. The molecule has 60 valence electrons. The number of carbonyl (C=O) groups is 2. The molecule has 1 amide bonds. The second-order valence-electron chi connectivity index (χ2n) is 3.02. The van der Waals surface area contributed by atoms with Crippen molar-refractivity contribution in [3.63, 3.8) is 0 Å². The lowest BCUT2D eigenvalue weighted by molar-refractivity contribution is -0.144. The number of amides is 1. The molecule has 4 heteroatoms. The monoisotopic (exact) mass is 155 g/mol. The van der Waals surface area contributed by atoms with Crippen LogP contribution >= 0.6 is 0 Å². The maximum atomic E-state index is 11.0. The first kappa shape index (κ1) is 6.64. The lowest BCUT2D eigenvalue weighted by Crippen LogP contribution is -2.37. The van der Waals surface area contributed by atoms with E-state index in [4.69, 9.17) is 0 Å². The minimum absolute atomic E-state index is 0.00500. The molecule has 1 aliphatic heterocycles. The van der Waals surface area contributed by atoms with Crippen molar-refractivity contribution in [1.82, 2.24) is 5.32 Å².